The van der Waals surface area contributed by atoms with Crippen molar-refractivity contribution in [2.45, 2.75) is 0 Å². The van der Waals surface area contributed by atoms with Gasteiger partial charge in [-0.2, -0.15) is 0 Å². The Labute approximate surface area is 100 Å². The van der Waals surface area contributed by atoms with Gasteiger partial charge in [0.2, 0.25) is 0 Å². The molecule has 0 atom stereocenters. The van der Waals surface area contributed by atoms with Gasteiger partial charge in [0.15, 0.2) is 0 Å². The average molecular weight is 221 g/mol. The fourth-order valence-corrected chi connectivity index (χ4v) is 1.86. The van der Waals surface area contributed by atoms with E-state index in [0.717, 1.165) is 16.9 Å². The third-order valence-electron chi connectivity index (χ3n) is 2.72. The summed E-state index contributed by atoms with van der Waals surface area (Å²) >= 11 is 0. The van der Waals surface area contributed by atoms with Gasteiger partial charge < -0.3 is 10.3 Å². The van der Waals surface area contributed by atoms with E-state index in [0.29, 0.717) is 0 Å². The van der Waals surface area contributed by atoms with Gasteiger partial charge in [0.25, 0.3) is 0 Å². The first kappa shape index (κ1) is 9.97. The summed E-state index contributed by atoms with van der Waals surface area (Å²) in [5.74, 6) is 1.01. The summed E-state index contributed by atoms with van der Waals surface area (Å²) in [6, 6.07) is 20.5. The van der Waals surface area contributed by atoms with Gasteiger partial charge in [-0.1, -0.05) is 48.5 Å². The first-order valence-corrected chi connectivity index (χ1v) is 5.64. The van der Waals surface area contributed by atoms with Gasteiger partial charge in [-0.3, -0.25) is 0 Å². The van der Waals surface area contributed by atoms with E-state index in [9.17, 15) is 0 Å². The number of hydrogen-bond acceptors (Lipinski definition) is 1. The predicted molar refractivity (Wildman–Crippen MR) is 71.8 cm³/mol. The van der Waals surface area contributed by atoms with E-state index >= 15 is 0 Å². The minimum atomic E-state index is 1.01. The van der Waals surface area contributed by atoms with Crippen LogP contribution in [0.4, 0.5) is 5.82 Å². The van der Waals surface area contributed by atoms with Crippen LogP contribution >= 0.6 is 0 Å². The maximum Gasteiger partial charge on any atom is 0.104 e. The Kier molecular flexibility index (Phi) is 2.54. The van der Waals surface area contributed by atoms with Crippen LogP contribution in [0.25, 0.3) is 10.9 Å². The highest BCUT2D eigenvalue weighted by Gasteiger charge is 1.99. The van der Waals surface area contributed by atoms with Gasteiger partial charge in [0.05, 0.1) is 6.54 Å². The van der Waals surface area contributed by atoms with Crippen LogP contribution in [-0.4, -0.2) is 4.98 Å². The monoisotopic (exact) mass is 221 g/mol. The quantitative estimate of drug-likeness (QED) is 0.692. The van der Waals surface area contributed by atoms with Gasteiger partial charge in [-0.05, 0) is 17.7 Å². The van der Waals surface area contributed by atoms with E-state index < -0.39 is 0 Å². The number of anilines is 1. The molecule has 3 rings (SSSR count). The molecular formula is C15H13N2. The van der Waals surface area contributed by atoms with Crippen LogP contribution in [-0.2, 0) is 0 Å². The molecule has 2 aromatic carbocycles. The van der Waals surface area contributed by atoms with Crippen molar-refractivity contribution in [3.05, 3.63) is 72.8 Å². The van der Waals surface area contributed by atoms with Crippen molar-refractivity contribution in [3.63, 3.8) is 0 Å². The molecule has 1 heterocycles. The third-order valence-corrected chi connectivity index (χ3v) is 2.72. The van der Waals surface area contributed by atoms with Crippen molar-refractivity contribution in [1.82, 2.24) is 4.98 Å². The molecule has 0 saturated carbocycles. The van der Waals surface area contributed by atoms with Crippen molar-refractivity contribution < 1.29 is 0 Å². The smallest absolute Gasteiger partial charge is 0.104 e. The van der Waals surface area contributed by atoms with Crippen molar-refractivity contribution in [1.29, 1.82) is 0 Å². The van der Waals surface area contributed by atoms with Gasteiger partial charge in [-0.25, -0.2) is 0 Å². The molecule has 0 bridgehead atoms. The molecule has 1 aromatic heterocycles. The maximum absolute atomic E-state index is 3.32. The van der Waals surface area contributed by atoms with Crippen LogP contribution < -0.4 is 5.32 Å². The molecule has 17 heavy (non-hydrogen) atoms. The van der Waals surface area contributed by atoms with Gasteiger partial charge in [0, 0.05) is 10.9 Å². The zero-order valence-corrected chi connectivity index (χ0v) is 9.35. The molecule has 0 fully saturated rings. The summed E-state index contributed by atoms with van der Waals surface area (Å²) in [6.07, 6.45) is 0. The number of aromatic amines is 1. The molecule has 0 aliphatic heterocycles. The zero-order valence-electron chi connectivity index (χ0n) is 9.35. The molecule has 83 valence electrons. The molecule has 0 unspecified atom stereocenters. The highest BCUT2D eigenvalue weighted by atomic mass is 15.0. The van der Waals surface area contributed by atoms with Crippen molar-refractivity contribution in [2.24, 2.45) is 0 Å². The van der Waals surface area contributed by atoms with E-state index in [1.165, 1.54) is 5.39 Å². The number of rotatable bonds is 3. The average Bonchev–Trinajstić information content (AvgIpc) is 2.80. The highest BCUT2D eigenvalue weighted by Crippen LogP contribution is 2.18. The Balaban J connectivity index is 1.77. The second-order valence-electron chi connectivity index (χ2n) is 3.97. The van der Waals surface area contributed by atoms with E-state index in [1.54, 1.807) is 0 Å². The molecule has 0 aliphatic rings. The van der Waals surface area contributed by atoms with Gasteiger partial charge in [-0.15, -0.1) is 0 Å². The summed E-state index contributed by atoms with van der Waals surface area (Å²) in [5, 5.41) is 4.49. The lowest BCUT2D eigenvalue weighted by Gasteiger charge is -2.02. The molecule has 0 amide bonds. The molecule has 0 aliphatic carbocycles. The normalized spacial score (nSPS) is 10.6. The van der Waals surface area contributed by atoms with E-state index in [2.05, 4.69) is 40.6 Å². The minimum Gasteiger partial charge on any atom is -0.362 e. The fraction of sp³-hybridized carbons (Fsp3) is 0. The van der Waals surface area contributed by atoms with E-state index in [4.69, 9.17) is 0 Å². The van der Waals surface area contributed by atoms with Crippen LogP contribution in [0.2, 0.25) is 0 Å². The molecule has 1 radical (unpaired) electrons. The number of hydrogen-bond donors (Lipinski definition) is 2. The second-order valence-corrected chi connectivity index (χ2v) is 3.97. The Hall–Kier alpha value is -2.22. The highest BCUT2D eigenvalue weighted by molar-refractivity contribution is 5.83. The molecule has 0 saturated heterocycles. The third kappa shape index (κ3) is 2.16. The Bertz CT molecular complexity index is 578. The Morgan fingerprint density at radius 2 is 1.65 bits per heavy atom. The Morgan fingerprint density at radius 1 is 0.882 bits per heavy atom. The van der Waals surface area contributed by atoms with Crippen molar-refractivity contribution in [3.8, 4) is 0 Å². The number of fused-ring (bicyclic) bond motifs is 1. The van der Waals surface area contributed by atoms with Crippen molar-refractivity contribution in [2.75, 3.05) is 5.32 Å². The topological polar surface area (TPSA) is 27.8 Å². The van der Waals surface area contributed by atoms with Crippen LogP contribution in [0, 0.1) is 6.54 Å². The fourth-order valence-electron chi connectivity index (χ4n) is 1.86. The number of para-hydroxylation sites is 1. The standard InChI is InChI=1S/C15H13N2/c1-2-6-12(7-3-1)11-16-15-10-13-8-4-5-9-14(13)17-15/h1-11,16-17H. The lowest BCUT2D eigenvalue weighted by atomic mass is 10.2. The summed E-state index contributed by atoms with van der Waals surface area (Å²) in [5.41, 5.74) is 2.31. The lowest BCUT2D eigenvalue weighted by molar-refractivity contribution is 1.34. The van der Waals surface area contributed by atoms with Crippen LogP contribution in [0.1, 0.15) is 5.56 Å². The van der Waals surface area contributed by atoms with Crippen LogP contribution in [0.3, 0.4) is 0 Å². The lowest BCUT2D eigenvalue weighted by Crippen LogP contribution is -1.95. The molecule has 2 nitrogen and oxygen atoms in total. The molecule has 2 heteroatoms. The number of nitrogens with one attached hydrogen (secondary N) is 2. The summed E-state index contributed by atoms with van der Waals surface area (Å²) in [6.45, 7) is 1.99. The summed E-state index contributed by atoms with van der Waals surface area (Å²) in [7, 11) is 0. The van der Waals surface area contributed by atoms with Gasteiger partial charge in [0.1, 0.15) is 5.82 Å². The molecule has 2 N–H and O–H groups in total. The first-order valence-electron chi connectivity index (χ1n) is 5.64. The predicted octanol–water partition coefficient (Wildman–Crippen LogP) is 3.79. The number of aromatic nitrogens is 1. The molecular weight excluding hydrogens is 208 g/mol. The Morgan fingerprint density at radius 3 is 2.47 bits per heavy atom. The second kappa shape index (κ2) is 4.34. The maximum atomic E-state index is 3.32. The largest absolute Gasteiger partial charge is 0.362 e. The van der Waals surface area contributed by atoms with E-state index in [1.807, 2.05) is 36.9 Å². The SMILES string of the molecule is [CH](Nc1cc2ccccc2[nH]1)c1ccccc1. The van der Waals surface area contributed by atoms with Crippen LogP contribution in [0.15, 0.2) is 60.7 Å². The van der Waals surface area contributed by atoms with E-state index in [-0.39, 0.29) is 0 Å². The van der Waals surface area contributed by atoms with Gasteiger partial charge >= 0.3 is 0 Å². The number of benzene rings is 2. The minimum absolute atomic E-state index is 1.01. The molecule has 0 spiro atoms. The molecule has 3 aromatic rings. The number of H-pyrrole nitrogens is 1. The summed E-state index contributed by atoms with van der Waals surface area (Å²) in [4.78, 5) is 3.32. The van der Waals surface area contributed by atoms with Crippen LogP contribution in [0.5, 0.6) is 0 Å². The first-order chi connectivity index (χ1) is 8.42. The van der Waals surface area contributed by atoms with Crippen molar-refractivity contribution >= 4 is 16.7 Å². The zero-order chi connectivity index (χ0) is 11.5. The summed E-state index contributed by atoms with van der Waals surface area (Å²) < 4.78 is 0.